The average molecular weight is 369 g/mol. The van der Waals surface area contributed by atoms with Gasteiger partial charge in [0.05, 0.1) is 22.2 Å². The minimum absolute atomic E-state index is 0.217. The largest absolute Gasteiger partial charge is 0.305 e. The van der Waals surface area contributed by atoms with Gasteiger partial charge < -0.3 is 4.40 Å². The number of sulfone groups is 1. The second-order valence-electron chi connectivity index (χ2n) is 6.71. The monoisotopic (exact) mass is 368 g/mol. The standard InChI is InChI=1S/C16H21ClN4O2S/c17-13-1-2-16-18-14(11-21(16)9-13)10-19-4-6-20(7-5-19)15-3-8-24(22,23)12-15/h1-2,9,11,15H,3-8,10,12H2. The van der Waals surface area contributed by atoms with E-state index in [1.54, 1.807) is 0 Å². The summed E-state index contributed by atoms with van der Waals surface area (Å²) in [5.41, 5.74) is 1.94. The maximum absolute atomic E-state index is 11.6. The van der Waals surface area contributed by atoms with Gasteiger partial charge in [0.1, 0.15) is 5.65 Å². The average Bonchev–Trinajstić information content (AvgIpc) is 3.10. The molecule has 2 aliphatic rings. The van der Waals surface area contributed by atoms with Gasteiger partial charge in [0, 0.05) is 51.2 Å². The molecule has 0 N–H and O–H groups in total. The number of pyridine rings is 1. The van der Waals surface area contributed by atoms with Crippen LogP contribution in [0.2, 0.25) is 5.02 Å². The molecule has 0 saturated carbocycles. The molecular weight excluding hydrogens is 348 g/mol. The Hall–Kier alpha value is -1.15. The van der Waals surface area contributed by atoms with Crippen molar-refractivity contribution in [3.05, 3.63) is 35.2 Å². The van der Waals surface area contributed by atoms with E-state index in [0.717, 1.165) is 50.5 Å². The van der Waals surface area contributed by atoms with E-state index in [-0.39, 0.29) is 6.04 Å². The zero-order chi connectivity index (χ0) is 16.7. The second-order valence-corrected chi connectivity index (χ2v) is 9.38. The second kappa shape index (κ2) is 6.29. The molecule has 1 unspecified atom stereocenters. The van der Waals surface area contributed by atoms with Crippen molar-refractivity contribution < 1.29 is 8.42 Å². The Balaban J connectivity index is 1.35. The molecule has 2 aliphatic heterocycles. The number of hydrogen-bond acceptors (Lipinski definition) is 5. The number of fused-ring (bicyclic) bond motifs is 1. The van der Waals surface area contributed by atoms with Gasteiger partial charge in [0.2, 0.25) is 0 Å². The lowest BCUT2D eigenvalue weighted by Crippen LogP contribution is -2.50. The van der Waals surface area contributed by atoms with E-state index in [1.807, 2.05) is 28.9 Å². The molecule has 2 saturated heterocycles. The summed E-state index contributed by atoms with van der Waals surface area (Å²) in [6, 6.07) is 3.99. The predicted molar refractivity (Wildman–Crippen MR) is 94.1 cm³/mol. The van der Waals surface area contributed by atoms with Crippen molar-refractivity contribution in [2.24, 2.45) is 0 Å². The fourth-order valence-corrected chi connectivity index (χ4v) is 5.60. The summed E-state index contributed by atoms with van der Waals surface area (Å²) < 4.78 is 25.2. The van der Waals surface area contributed by atoms with Crippen molar-refractivity contribution in [3.63, 3.8) is 0 Å². The molecule has 2 aromatic heterocycles. The molecule has 0 amide bonds. The smallest absolute Gasteiger partial charge is 0.151 e. The van der Waals surface area contributed by atoms with E-state index in [1.165, 1.54) is 0 Å². The lowest BCUT2D eigenvalue weighted by atomic mass is 10.2. The number of imidazole rings is 1. The molecule has 0 aromatic carbocycles. The fourth-order valence-electron chi connectivity index (χ4n) is 3.67. The molecule has 4 heterocycles. The van der Waals surface area contributed by atoms with Gasteiger partial charge in [0.15, 0.2) is 9.84 Å². The quantitative estimate of drug-likeness (QED) is 0.817. The zero-order valence-corrected chi connectivity index (χ0v) is 15.0. The lowest BCUT2D eigenvalue weighted by Gasteiger charge is -2.37. The normalized spacial score (nSPS) is 25.5. The van der Waals surface area contributed by atoms with Crippen LogP contribution in [0.15, 0.2) is 24.5 Å². The third kappa shape index (κ3) is 3.44. The molecule has 0 aliphatic carbocycles. The van der Waals surface area contributed by atoms with Crippen molar-refractivity contribution in [2.75, 3.05) is 37.7 Å². The highest BCUT2D eigenvalue weighted by Crippen LogP contribution is 2.20. The first-order valence-corrected chi connectivity index (χ1v) is 10.5. The third-order valence-corrected chi connectivity index (χ3v) is 6.96. The van der Waals surface area contributed by atoms with Crippen molar-refractivity contribution in [2.45, 2.75) is 19.0 Å². The molecule has 1 atom stereocenters. The molecular formula is C16H21ClN4O2S. The Kier molecular flexibility index (Phi) is 4.28. The molecule has 4 rings (SSSR count). The van der Waals surface area contributed by atoms with Gasteiger partial charge in [-0.3, -0.25) is 9.80 Å². The first kappa shape index (κ1) is 16.3. The highest BCUT2D eigenvalue weighted by atomic mass is 35.5. The van der Waals surface area contributed by atoms with Crippen LogP contribution in [0.5, 0.6) is 0 Å². The van der Waals surface area contributed by atoms with Crippen LogP contribution in [0, 0.1) is 0 Å². The number of piperazine rings is 1. The summed E-state index contributed by atoms with van der Waals surface area (Å²) in [5.74, 6) is 0.682. The number of hydrogen-bond donors (Lipinski definition) is 0. The fraction of sp³-hybridized carbons (Fsp3) is 0.562. The summed E-state index contributed by atoms with van der Waals surface area (Å²) >= 11 is 6.01. The van der Waals surface area contributed by atoms with Crippen LogP contribution in [0.4, 0.5) is 0 Å². The maximum atomic E-state index is 11.6. The van der Waals surface area contributed by atoms with Crippen molar-refractivity contribution in [3.8, 4) is 0 Å². The lowest BCUT2D eigenvalue weighted by molar-refractivity contribution is 0.0993. The third-order valence-electron chi connectivity index (χ3n) is 4.98. The Labute approximate surface area is 146 Å². The summed E-state index contributed by atoms with van der Waals surface area (Å²) in [4.78, 5) is 9.35. The van der Waals surface area contributed by atoms with Gasteiger partial charge in [-0.05, 0) is 18.6 Å². The van der Waals surface area contributed by atoms with Crippen LogP contribution < -0.4 is 0 Å². The molecule has 2 fully saturated rings. The Bertz CT molecular complexity index is 843. The summed E-state index contributed by atoms with van der Waals surface area (Å²) in [6.45, 7) is 4.57. The molecule has 8 heteroatoms. The van der Waals surface area contributed by atoms with Gasteiger partial charge >= 0.3 is 0 Å². The van der Waals surface area contributed by atoms with Crippen LogP contribution >= 0.6 is 11.6 Å². The Morgan fingerprint density at radius 3 is 2.67 bits per heavy atom. The van der Waals surface area contributed by atoms with Crippen LogP contribution in [0.25, 0.3) is 5.65 Å². The molecule has 130 valence electrons. The minimum Gasteiger partial charge on any atom is -0.305 e. The molecule has 24 heavy (non-hydrogen) atoms. The molecule has 2 aromatic rings. The van der Waals surface area contributed by atoms with Crippen LogP contribution in [-0.4, -0.2) is 71.3 Å². The van der Waals surface area contributed by atoms with E-state index in [4.69, 9.17) is 11.6 Å². The highest BCUT2D eigenvalue weighted by molar-refractivity contribution is 7.91. The van der Waals surface area contributed by atoms with E-state index in [9.17, 15) is 8.42 Å². The van der Waals surface area contributed by atoms with Crippen LogP contribution in [-0.2, 0) is 16.4 Å². The van der Waals surface area contributed by atoms with Crippen molar-refractivity contribution >= 4 is 27.1 Å². The summed E-state index contributed by atoms with van der Waals surface area (Å²) in [6.07, 6.45) is 4.68. The maximum Gasteiger partial charge on any atom is 0.151 e. The zero-order valence-electron chi connectivity index (χ0n) is 13.4. The first-order valence-electron chi connectivity index (χ1n) is 8.28. The summed E-state index contributed by atoms with van der Waals surface area (Å²) in [7, 11) is -2.80. The molecule has 0 bridgehead atoms. The number of nitrogens with zero attached hydrogens (tertiary/aromatic N) is 4. The Morgan fingerprint density at radius 1 is 1.17 bits per heavy atom. The van der Waals surface area contributed by atoms with Gasteiger partial charge in [0.25, 0.3) is 0 Å². The predicted octanol–water partition coefficient (Wildman–Crippen LogP) is 1.29. The number of aromatic nitrogens is 2. The minimum atomic E-state index is -2.80. The highest BCUT2D eigenvalue weighted by Gasteiger charge is 2.33. The van der Waals surface area contributed by atoms with Crippen LogP contribution in [0.1, 0.15) is 12.1 Å². The van der Waals surface area contributed by atoms with Gasteiger partial charge in [-0.25, -0.2) is 13.4 Å². The van der Waals surface area contributed by atoms with E-state index < -0.39 is 9.84 Å². The molecule has 0 spiro atoms. The SMILES string of the molecule is O=S1(=O)CCC(N2CCN(Cc3cn4cc(Cl)ccc4n3)CC2)C1. The van der Waals surface area contributed by atoms with E-state index >= 15 is 0 Å². The van der Waals surface area contributed by atoms with Gasteiger partial charge in [-0.2, -0.15) is 0 Å². The van der Waals surface area contributed by atoms with Crippen molar-refractivity contribution in [1.82, 2.24) is 19.2 Å². The topological polar surface area (TPSA) is 57.9 Å². The first-order chi connectivity index (χ1) is 11.5. The summed E-state index contributed by atoms with van der Waals surface area (Å²) in [5, 5.41) is 0.701. The van der Waals surface area contributed by atoms with Crippen LogP contribution in [0.3, 0.4) is 0 Å². The van der Waals surface area contributed by atoms with Crippen molar-refractivity contribution in [1.29, 1.82) is 0 Å². The van der Waals surface area contributed by atoms with E-state index in [2.05, 4.69) is 14.8 Å². The van der Waals surface area contributed by atoms with Gasteiger partial charge in [-0.15, -0.1) is 0 Å². The van der Waals surface area contributed by atoms with E-state index in [0.29, 0.717) is 16.5 Å². The Morgan fingerprint density at radius 2 is 1.96 bits per heavy atom. The number of halogens is 1. The molecule has 6 nitrogen and oxygen atoms in total. The molecule has 0 radical (unpaired) electrons. The number of rotatable bonds is 3. The van der Waals surface area contributed by atoms with Gasteiger partial charge in [-0.1, -0.05) is 11.6 Å².